The summed E-state index contributed by atoms with van der Waals surface area (Å²) in [7, 11) is 0. The third-order valence-corrected chi connectivity index (χ3v) is 4.14. The van der Waals surface area contributed by atoms with Crippen LogP contribution < -0.4 is 5.73 Å². The van der Waals surface area contributed by atoms with E-state index in [2.05, 4.69) is 30.1 Å². The van der Waals surface area contributed by atoms with Gasteiger partial charge in [-0.15, -0.1) is 0 Å². The highest BCUT2D eigenvalue weighted by Crippen LogP contribution is 2.34. The van der Waals surface area contributed by atoms with Crippen molar-refractivity contribution in [3.8, 4) is 0 Å². The number of fused-ring (bicyclic) bond motifs is 1. The number of hydrogen-bond acceptors (Lipinski definition) is 3. The van der Waals surface area contributed by atoms with Crippen molar-refractivity contribution in [2.75, 3.05) is 0 Å². The lowest BCUT2D eigenvalue weighted by Crippen LogP contribution is -2.22. The Morgan fingerprint density at radius 3 is 2.85 bits per heavy atom. The van der Waals surface area contributed by atoms with Crippen LogP contribution in [0.1, 0.15) is 40.3 Å². The average Bonchev–Trinajstić information content (AvgIpc) is 2.47. The number of aromatic nitrogens is 1. The van der Waals surface area contributed by atoms with Crippen LogP contribution in [-0.2, 0) is 13.0 Å². The van der Waals surface area contributed by atoms with Crippen LogP contribution in [-0.4, -0.2) is 10.7 Å². The molecule has 3 rings (SSSR count). The molecule has 0 fully saturated rings. The van der Waals surface area contributed by atoms with Crippen LogP contribution in [0.4, 0.5) is 0 Å². The minimum atomic E-state index is 0.323. The normalized spacial score (nSPS) is 17.9. The van der Waals surface area contributed by atoms with Crippen molar-refractivity contribution in [2.45, 2.75) is 32.2 Å². The van der Waals surface area contributed by atoms with Gasteiger partial charge in [0.15, 0.2) is 0 Å². The molecular formula is C17H19N3. The van der Waals surface area contributed by atoms with Gasteiger partial charge in [0.2, 0.25) is 0 Å². The summed E-state index contributed by atoms with van der Waals surface area (Å²) in [5.74, 6) is 0.323. The Morgan fingerprint density at radius 2 is 2.05 bits per heavy atom. The molecule has 3 heteroatoms. The van der Waals surface area contributed by atoms with Gasteiger partial charge >= 0.3 is 0 Å². The van der Waals surface area contributed by atoms with E-state index in [1.807, 2.05) is 18.3 Å². The molecule has 1 atom stereocenters. The second kappa shape index (κ2) is 5.17. The molecule has 2 aromatic rings. The van der Waals surface area contributed by atoms with E-state index in [0.29, 0.717) is 18.2 Å². The first-order chi connectivity index (χ1) is 9.70. The van der Waals surface area contributed by atoms with Crippen LogP contribution in [0.15, 0.2) is 36.5 Å². The SMILES string of the molecule is Cc1ccnc2c1C(=N)CC(c1ccccc1CN)C2. The largest absolute Gasteiger partial charge is 0.326 e. The fourth-order valence-corrected chi connectivity index (χ4v) is 3.17. The number of nitrogens with one attached hydrogen (secondary N) is 1. The molecule has 20 heavy (non-hydrogen) atoms. The fourth-order valence-electron chi connectivity index (χ4n) is 3.17. The van der Waals surface area contributed by atoms with Crippen LogP contribution in [0.5, 0.6) is 0 Å². The maximum absolute atomic E-state index is 8.35. The highest BCUT2D eigenvalue weighted by Gasteiger charge is 2.27. The lowest BCUT2D eigenvalue weighted by atomic mass is 9.78. The number of nitrogens with two attached hydrogens (primary N) is 1. The standard InChI is InChI=1S/C17H19N3/c1-11-6-7-20-16-9-13(8-15(19)17(11)16)14-5-3-2-4-12(14)10-18/h2-7,13,19H,8-10,18H2,1H3. The van der Waals surface area contributed by atoms with Crippen molar-refractivity contribution in [1.82, 2.24) is 4.98 Å². The molecule has 3 nitrogen and oxygen atoms in total. The zero-order valence-corrected chi connectivity index (χ0v) is 11.7. The van der Waals surface area contributed by atoms with Crippen LogP contribution >= 0.6 is 0 Å². The molecule has 3 N–H and O–H groups in total. The van der Waals surface area contributed by atoms with Crippen molar-refractivity contribution < 1.29 is 0 Å². The highest BCUT2D eigenvalue weighted by atomic mass is 14.7. The first-order valence-electron chi connectivity index (χ1n) is 7.01. The average molecular weight is 265 g/mol. The van der Waals surface area contributed by atoms with Gasteiger partial charge in [-0.3, -0.25) is 4.98 Å². The topological polar surface area (TPSA) is 62.8 Å². The smallest absolute Gasteiger partial charge is 0.0502 e. The van der Waals surface area contributed by atoms with Gasteiger partial charge in [0.25, 0.3) is 0 Å². The maximum atomic E-state index is 8.35. The van der Waals surface area contributed by atoms with Crippen LogP contribution in [0, 0.1) is 12.3 Å². The molecule has 0 spiro atoms. The molecule has 0 radical (unpaired) electrons. The summed E-state index contributed by atoms with van der Waals surface area (Å²) in [6.07, 6.45) is 3.52. The van der Waals surface area contributed by atoms with E-state index in [1.165, 1.54) is 11.1 Å². The Kier molecular flexibility index (Phi) is 3.36. The number of hydrogen-bond donors (Lipinski definition) is 2. The van der Waals surface area contributed by atoms with E-state index in [1.54, 1.807) is 0 Å². The third kappa shape index (κ3) is 2.14. The molecule has 0 amide bonds. The molecule has 0 bridgehead atoms. The summed E-state index contributed by atoms with van der Waals surface area (Å²) >= 11 is 0. The van der Waals surface area contributed by atoms with E-state index < -0.39 is 0 Å². The van der Waals surface area contributed by atoms with Crippen molar-refractivity contribution in [3.05, 3.63) is 64.5 Å². The molecule has 1 aromatic carbocycles. The Bertz CT molecular complexity index is 661. The van der Waals surface area contributed by atoms with Crippen molar-refractivity contribution in [1.29, 1.82) is 5.41 Å². The first-order valence-corrected chi connectivity index (χ1v) is 7.01. The lowest BCUT2D eigenvalue weighted by Gasteiger charge is -2.27. The van der Waals surface area contributed by atoms with Crippen molar-refractivity contribution in [3.63, 3.8) is 0 Å². The number of nitrogens with zero attached hydrogens (tertiary/aromatic N) is 1. The summed E-state index contributed by atoms with van der Waals surface area (Å²) in [5.41, 5.74) is 12.3. The Labute approximate surface area is 119 Å². The number of rotatable bonds is 2. The summed E-state index contributed by atoms with van der Waals surface area (Å²) in [4.78, 5) is 4.49. The van der Waals surface area contributed by atoms with E-state index in [0.717, 1.165) is 29.7 Å². The van der Waals surface area contributed by atoms with Gasteiger partial charge in [0, 0.05) is 24.0 Å². The zero-order valence-electron chi connectivity index (χ0n) is 11.7. The van der Waals surface area contributed by atoms with Crippen LogP contribution in [0.2, 0.25) is 0 Å². The molecule has 102 valence electrons. The zero-order chi connectivity index (χ0) is 14.1. The predicted octanol–water partition coefficient (Wildman–Crippen LogP) is 2.95. The van der Waals surface area contributed by atoms with Gasteiger partial charge in [-0.2, -0.15) is 0 Å². The van der Waals surface area contributed by atoms with E-state index >= 15 is 0 Å². The Balaban J connectivity index is 2.02. The summed E-state index contributed by atoms with van der Waals surface area (Å²) < 4.78 is 0. The number of aryl methyl sites for hydroxylation is 1. The second-order valence-corrected chi connectivity index (χ2v) is 5.44. The molecule has 1 aliphatic carbocycles. The number of pyridine rings is 1. The highest BCUT2D eigenvalue weighted by molar-refractivity contribution is 6.01. The predicted molar refractivity (Wildman–Crippen MR) is 81.2 cm³/mol. The molecule has 0 saturated carbocycles. The first kappa shape index (κ1) is 13.0. The molecular weight excluding hydrogens is 246 g/mol. The van der Waals surface area contributed by atoms with Gasteiger partial charge < -0.3 is 11.1 Å². The molecule has 0 saturated heterocycles. The monoisotopic (exact) mass is 265 g/mol. The lowest BCUT2D eigenvalue weighted by molar-refractivity contribution is 0.669. The molecule has 1 aliphatic rings. The van der Waals surface area contributed by atoms with Gasteiger partial charge in [-0.1, -0.05) is 24.3 Å². The van der Waals surface area contributed by atoms with E-state index in [9.17, 15) is 0 Å². The fraction of sp³-hybridized carbons (Fsp3) is 0.294. The summed E-state index contributed by atoms with van der Waals surface area (Å²) in [6, 6.07) is 10.3. The Morgan fingerprint density at radius 1 is 1.25 bits per heavy atom. The Hall–Kier alpha value is -2.00. The van der Waals surface area contributed by atoms with Gasteiger partial charge in [-0.25, -0.2) is 0 Å². The van der Waals surface area contributed by atoms with E-state index in [4.69, 9.17) is 11.1 Å². The van der Waals surface area contributed by atoms with Crippen LogP contribution in [0.25, 0.3) is 0 Å². The molecule has 1 heterocycles. The molecule has 1 aromatic heterocycles. The number of benzene rings is 1. The minimum Gasteiger partial charge on any atom is -0.326 e. The quantitative estimate of drug-likeness (QED) is 0.877. The summed E-state index contributed by atoms with van der Waals surface area (Å²) in [5, 5.41) is 8.35. The van der Waals surface area contributed by atoms with Gasteiger partial charge in [0.1, 0.15) is 0 Å². The van der Waals surface area contributed by atoms with E-state index in [-0.39, 0.29) is 0 Å². The molecule has 0 aliphatic heterocycles. The maximum Gasteiger partial charge on any atom is 0.0502 e. The molecule has 1 unspecified atom stereocenters. The van der Waals surface area contributed by atoms with Gasteiger partial charge in [-0.05, 0) is 48.4 Å². The van der Waals surface area contributed by atoms with Crippen LogP contribution in [0.3, 0.4) is 0 Å². The van der Waals surface area contributed by atoms with Crippen molar-refractivity contribution in [2.24, 2.45) is 5.73 Å². The third-order valence-electron chi connectivity index (χ3n) is 4.14. The van der Waals surface area contributed by atoms with Crippen molar-refractivity contribution >= 4 is 5.71 Å². The van der Waals surface area contributed by atoms with Gasteiger partial charge in [0.05, 0.1) is 5.69 Å². The minimum absolute atomic E-state index is 0.323. The summed E-state index contributed by atoms with van der Waals surface area (Å²) in [6.45, 7) is 2.61. The second-order valence-electron chi connectivity index (χ2n) is 5.44.